The van der Waals surface area contributed by atoms with E-state index in [1.807, 2.05) is 0 Å². The van der Waals surface area contributed by atoms with E-state index < -0.39 is 5.54 Å². The summed E-state index contributed by atoms with van der Waals surface area (Å²) in [6.45, 7) is 1.67. The summed E-state index contributed by atoms with van der Waals surface area (Å²) in [5.74, 6) is -1.22. The number of nitrogens with two attached hydrogens (primary N) is 1. The van der Waals surface area contributed by atoms with Crippen molar-refractivity contribution >= 4 is 23.6 Å². The summed E-state index contributed by atoms with van der Waals surface area (Å²) in [7, 11) is 0. The molecule has 40 heavy (non-hydrogen) atoms. The predicted molar refractivity (Wildman–Crippen MR) is 145 cm³/mol. The molecule has 0 unspecified atom stereocenters. The lowest BCUT2D eigenvalue weighted by Gasteiger charge is -2.35. The third kappa shape index (κ3) is 21.4. The van der Waals surface area contributed by atoms with Gasteiger partial charge in [0, 0.05) is 57.4 Å². The van der Waals surface area contributed by atoms with E-state index >= 15 is 0 Å². The fourth-order valence-electron chi connectivity index (χ4n) is 3.66. The van der Waals surface area contributed by atoms with Crippen LogP contribution < -0.4 is 27.0 Å². The van der Waals surface area contributed by atoms with Gasteiger partial charge in [-0.05, 0) is 19.3 Å². The van der Waals surface area contributed by atoms with E-state index in [2.05, 4.69) is 21.3 Å². The van der Waals surface area contributed by atoms with Gasteiger partial charge in [-0.25, -0.2) is 0 Å². The van der Waals surface area contributed by atoms with Crippen molar-refractivity contribution in [3.63, 3.8) is 0 Å². The molecule has 4 amide bonds. The van der Waals surface area contributed by atoms with Crippen LogP contribution in [0.3, 0.4) is 0 Å². The minimum Gasteiger partial charge on any atom is -0.394 e. The molecule has 0 saturated heterocycles. The molecule has 0 aromatic carbocycles. The van der Waals surface area contributed by atoms with Gasteiger partial charge in [0.15, 0.2) is 0 Å². The number of aliphatic hydroxyl groups is 3. The predicted octanol–water partition coefficient (Wildman–Crippen LogP) is -3.09. The van der Waals surface area contributed by atoms with E-state index in [4.69, 9.17) is 35.3 Å². The van der Waals surface area contributed by atoms with Crippen LogP contribution in [0.5, 0.6) is 0 Å². The van der Waals surface area contributed by atoms with Crippen LogP contribution in [0, 0.1) is 0 Å². The van der Waals surface area contributed by atoms with E-state index in [9.17, 15) is 19.2 Å². The van der Waals surface area contributed by atoms with Crippen molar-refractivity contribution in [2.24, 2.45) is 5.73 Å². The Morgan fingerprint density at radius 1 is 0.550 bits per heavy atom. The maximum absolute atomic E-state index is 12.6. The summed E-state index contributed by atoms with van der Waals surface area (Å²) in [6, 6.07) is 0. The Balaban J connectivity index is 5.31. The summed E-state index contributed by atoms with van der Waals surface area (Å²) in [6.07, 6.45) is 0.632. The minimum absolute atomic E-state index is 0.0240. The number of ether oxygens (including phenoxy) is 3. The fourth-order valence-corrected chi connectivity index (χ4v) is 3.66. The second-order valence-corrected chi connectivity index (χ2v) is 8.92. The molecule has 0 aromatic heterocycles. The van der Waals surface area contributed by atoms with Crippen molar-refractivity contribution in [3.05, 3.63) is 0 Å². The lowest BCUT2D eigenvalue weighted by Crippen LogP contribution is -2.51. The first kappa shape index (κ1) is 37.6. The lowest BCUT2D eigenvalue weighted by molar-refractivity contribution is -0.127. The normalized spacial score (nSPS) is 11.2. The van der Waals surface area contributed by atoms with Crippen LogP contribution in [-0.4, -0.2) is 130 Å². The highest BCUT2D eigenvalue weighted by Crippen LogP contribution is 2.26. The van der Waals surface area contributed by atoms with Crippen LogP contribution in [-0.2, 0) is 33.4 Å². The largest absolute Gasteiger partial charge is 0.394 e. The highest BCUT2D eigenvalue weighted by Gasteiger charge is 2.33. The van der Waals surface area contributed by atoms with Crippen LogP contribution in [0.25, 0.3) is 0 Å². The van der Waals surface area contributed by atoms with Gasteiger partial charge < -0.3 is 56.5 Å². The Bertz CT molecular complexity index is 625. The molecule has 234 valence electrons. The molecule has 9 N–H and O–H groups in total. The monoisotopic (exact) mass is 579 g/mol. The number of aliphatic hydroxyl groups excluding tert-OH is 3. The van der Waals surface area contributed by atoms with Gasteiger partial charge in [-0.2, -0.15) is 0 Å². The number of hydrogen-bond acceptors (Lipinski definition) is 11. The van der Waals surface area contributed by atoms with E-state index in [1.54, 1.807) is 0 Å². The molecule has 15 heteroatoms. The Labute approximate surface area is 235 Å². The molecule has 15 nitrogen and oxygen atoms in total. The molecular weight excluding hydrogens is 530 g/mol. The zero-order valence-electron chi connectivity index (χ0n) is 23.4. The van der Waals surface area contributed by atoms with Gasteiger partial charge in [0.2, 0.25) is 23.6 Å². The standard InChI is InChI=1S/C25H49N5O10/c26-8-4-24(37)30-25(5-1-21(34)27-9-15-38-18-12-31,6-2-22(35)28-10-16-39-19-13-32)7-3-23(36)29-11-17-40-20-14-33/h31-33H,1-20,26H2,(H,27,34)(H,28,35)(H,29,36)(H,30,37). The fraction of sp³-hybridized carbons (Fsp3) is 0.840. The van der Waals surface area contributed by atoms with Gasteiger partial charge in [-0.1, -0.05) is 0 Å². The first-order chi connectivity index (χ1) is 19.3. The third-order valence-corrected chi connectivity index (χ3v) is 5.68. The molecule has 0 spiro atoms. The summed E-state index contributed by atoms with van der Waals surface area (Å²) in [5.41, 5.74) is 4.51. The summed E-state index contributed by atoms with van der Waals surface area (Å²) in [4.78, 5) is 50.1. The SMILES string of the molecule is NCCC(=O)NC(CCC(=O)NCCOCCO)(CCC(=O)NCCOCCO)CCC(=O)NCCOCCO. The van der Waals surface area contributed by atoms with E-state index in [0.717, 1.165) is 0 Å². The number of rotatable bonds is 27. The maximum Gasteiger partial charge on any atom is 0.221 e. The van der Waals surface area contributed by atoms with Crippen LogP contribution in [0.2, 0.25) is 0 Å². The number of carbonyl (C=O) groups is 4. The number of hydrogen-bond donors (Lipinski definition) is 8. The molecule has 0 aliphatic carbocycles. The first-order valence-corrected chi connectivity index (χ1v) is 13.7. The van der Waals surface area contributed by atoms with Gasteiger partial charge >= 0.3 is 0 Å². The van der Waals surface area contributed by atoms with Crippen LogP contribution >= 0.6 is 0 Å². The van der Waals surface area contributed by atoms with Gasteiger partial charge in [0.05, 0.1) is 59.5 Å². The van der Waals surface area contributed by atoms with Crippen LogP contribution in [0.1, 0.15) is 44.9 Å². The Kier molecular flexibility index (Phi) is 24.0. The third-order valence-electron chi connectivity index (χ3n) is 5.68. The van der Waals surface area contributed by atoms with Crippen LogP contribution in [0.15, 0.2) is 0 Å². The molecule has 0 saturated carbocycles. The minimum atomic E-state index is -1.04. The van der Waals surface area contributed by atoms with Crippen molar-refractivity contribution in [3.8, 4) is 0 Å². The van der Waals surface area contributed by atoms with Gasteiger partial charge in [0.25, 0.3) is 0 Å². The quantitative estimate of drug-likeness (QED) is 0.0454. The average Bonchev–Trinajstić information content (AvgIpc) is 2.93. The van der Waals surface area contributed by atoms with Crippen molar-refractivity contribution < 1.29 is 48.7 Å². The average molecular weight is 580 g/mol. The molecule has 0 atom stereocenters. The number of amides is 4. The Morgan fingerprint density at radius 2 is 0.900 bits per heavy atom. The Morgan fingerprint density at radius 3 is 1.20 bits per heavy atom. The number of carbonyl (C=O) groups excluding carboxylic acids is 4. The zero-order valence-corrected chi connectivity index (χ0v) is 23.4. The zero-order chi connectivity index (χ0) is 29.9. The van der Waals surface area contributed by atoms with Crippen molar-refractivity contribution in [2.45, 2.75) is 50.5 Å². The maximum atomic E-state index is 12.6. The van der Waals surface area contributed by atoms with Gasteiger partial charge in [-0.3, -0.25) is 19.2 Å². The molecule has 0 rings (SSSR count). The van der Waals surface area contributed by atoms with E-state index in [1.165, 1.54) is 0 Å². The summed E-state index contributed by atoms with van der Waals surface area (Å²) < 4.78 is 15.4. The molecule has 0 aliphatic heterocycles. The summed E-state index contributed by atoms with van der Waals surface area (Å²) >= 11 is 0. The first-order valence-electron chi connectivity index (χ1n) is 13.7. The number of nitrogens with one attached hydrogen (secondary N) is 4. The lowest BCUT2D eigenvalue weighted by atomic mass is 9.83. The highest BCUT2D eigenvalue weighted by molar-refractivity contribution is 5.80. The van der Waals surface area contributed by atoms with Crippen molar-refractivity contribution in [2.75, 3.05) is 85.6 Å². The second kappa shape index (κ2) is 25.6. The molecule has 0 bridgehead atoms. The van der Waals surface area contributed by atoms with E-state index in [0.29, 0.717) is 0 Å². The second-order valence-electron chi connectivity index (χ2n) is 8.92. The van der Waals surface area contributed by atoms with Crippen molar-refractivity contribution in [1.29, 1.82) is 0 Å². The highest BCUT2D eigenvalue weighted by atomic mass is 16.5. The van der Waals surface area contributed by atoms with Crippen LogP contribution in [0.4, 0.5) is 0 Å². The summed E-state index contributed by atoms with van der Waals surface area (Å²) in [5, 5.41) is 37.3. The Hall–Kier alpha value is -2.40. The van der Waals surface area contributed by atoms with Gasteiger partial charge in [-0.15, -0.1) is 0 Å². The molecule has 0 heterocycles. The molecular formula is C25H49N5O10. The topological polar surface area (TPSA) is 231 Å². The molecule has 0 aromatic rings. The molecule has 0 aliphatic rings. The van der Waals surface area contributed by atoms with Gasteiger partial charge in [0.1, 0.15) is 0 Å². The smallest absolute Gasteiger partial charge is 0.221 e. The van der Waals surface area contributed by atoms with Crippen molar-refractivity contribution in [1.82, 2.24) is 21.3 Å². The van der Waals surface area contributed by atoms with E-state index in [-0.39, 0.29) is 154 Å². The molecule has 0 fully saturated rings. The molecule has 0 radical (unpaired) electrons.